The van der Waals surface area contributed by atoms with Crippen LogP contribution in [0, 0.1) is 23.0 Å². The number of carbonyl (C=O) groups is 1. The van der Waals surface area contributed by atoms with Gasteiger partial charge in [-0.3, -0.25) is 4.79 Å². The van der Waals surface area contributed by atoms with E-state index >= 15 is 0 Å². The van der Waals surface area contributed by atoms with Crippen LogP contribution in [-0.4, -0.2) is 13.0 Å². The van der Waals surface area contributed by atoms with Gasteiger partial charge in [-0.1, -0.05) is 6.07 Å². The Labute approximate surface area is 120 Å². The van der Waals surface area contributed by atoms with E-state index in [-0.39, 0.29) is 22.5 Å². The average molecular weight is 287 g/mol. The molecule has 0 aromatic heterocycles. The third-order valence-electron chi connectivity index (χ3n) is 2.85. The molecule has 0 radical (unpaired) electrons. The average Bonchev–Trinajstić information content (AvgIpc) is 2.48. The summed E-state index contributed by atoms with van der Waals surface area (Å²) in [7, 11) is 1.50. The summed E-state index contributed by atoms with van der Waals surface area (Å²) in [4.78, 5) is 12.1. The molecule has 0 atom stereocenters. The van der Waals surface area contributed by atoms with E-state index in [9.17, 15) is 13.6 Å². The molecule has 0 bridgehead atoms. The second-order valence-corrected chi connectivity index (χ2v) is 4.17. The van der Waals surface area contributed by atoms with Crippen LogP contribution in [0.25, 0.3) is 0 Å². The van der Waals surface area contributed by atoms with Gasteiger partial charge in [0.1, 0.15) is 17.7 Å². The number of halogens is 2. The van der Waals surface area contributed by atoms with Gasteiger partial charge >= 0.3 is 0 Å². The van der Waals surface area contributed by atoms with Crippen LogP contribution >= 0.6 is 0 Å². The fourth-order valence-corrected chi connectivity index (χ4v) is 1.85. The SMILES string of the molecule is CNc1c(F)cccc1C(=O)Nc1ccc(F)c(C#N)c1. The maximum Gasteiger partial charge on any atom is 0.257 e. The van der Waals surface area contributed by atoms with Gasteiger partial charge in [0.15, 0.2) is 0 Å². The lowest BCUT2D eigenvalue weighted by molar-refractivity contribution is 0.102. The molecule has 106 valence electrons. The third-order valence-corrected chi connectivity index (χ3v) is 2.85. The van der Waals surface area contributed by atoms with Crippen LogP contribution in [0.3, 0.4) is 0 Å². The number of nitriles is 1. The quantitative estimate of drug-likeness (QED) is 0.911. The molecule has 0 saturated heterocycles. The number of anilines is 2. The van der Waals surface area contributed by atoms with Crippen molar-refractivity contribution in [2.45, 2.75) is 0 Å². The summed E-state index contributed by atoms with van der Waals surface area (Å²) in [5.41, 5.74) is 0.253. The highest BCUT2D eigenvalue weighted by atomic mass is 19.1. The molecule has 1 amide bonds. The molecule has 0 unspecified atom stereocenters. The predicted molar refractivity (Wildman–Crippen MR) is 75.0 cm³/mol. The van der Waals surface area contributed by atoms with Crippen molar-refractivity contribution in [2.24, 2.45) is 0 Å². The number of para-hydroxylation sites is 1. The van der Waals surface area contributed by atoms with Crippen LogP contribution in [0.15, 0.2) is 36.4 Å². The lowest BCUT2D eigenvalue weighted by Crippen LogP contribution is -2.15. The first kappa shape index (κ1) is 14.5. The molecular weight excluding hydrogens is 276 g/mol. The van der Waals surface area contributed by atoms with Crippen molar-refractivity contribution in [2.75, 3.05) is 17.7 Å². The summed E-state index contributed by atoms with van der Waals surface area (Å²) in [5.74, 6) is -1.78. The summed E-state index contributed by atoms with van der Waals surface area (Å²) in [6.07, 6.45) is 0. The summed E-state index contributed by atoms with van der Waals surface area (Å²) < 4.78 is 26.8. The van der Waals surface area contributed by atoms with Crippen LogP contribution in [0.4, 0.5) is 20.2 Å². The Balaban J connectivity index is 2.31. The molecule has 0 aliphatic carbocycles. The number of nitrogens with one attached hydrogen (secondary N) is 2. The van der Waals surface area contributed by atoms with Crippen LogP contribution in [0.1, 0.15) is 15.9 Å². The van der Waals surface area contributed by atoms with Gasteiger partial charge < -0.3 is 10.6 Å². The Kier molecular flexibility index (Phi) is 4.14. The first-order valence-corrected chi connectivity index (χ1v) is 6.04. The number of benzene rings is 2. The minimum atomic E-state index is -0.669. The van der Waals surface area contributed by atoms with Gasteiger partial charge in [-0.15, -0.1) is 0 Å². The Bertz CT molecular complexity index is 738. The number of rotatable bonds is 3. The molecule has 0 fully saturated rings. The highest BCUT2D eigenvalue weighted by molar-refractivity contribution is 6.08. The van der Waals surface area contributed by atoms with Gasteiger partial charge in [0.05, 0.1) is 16.8 Å². The van der Waals surface area contributed by atoms with Crippen molar-refractivity contribution in [1.29, 1.82) is 5.26 Å². The maximum absolute atomic E-state index is 13.6. The van der Waals surface area contributed by atoms with Crippen LogP contribution < -0.4 is 10.6 Å². The molecule has 21 heavy (non-hydrogen) atoms. The van der Waals surface area contributed by atoms with Crippen LogP contribution in [-0.2, 0) is 0 Å². The summed E-state index contributed by atoms with van der Waals surface area (Å²) >= 11 is 0. The standard InChI is InChI=1S/C15H11F2N3O/c1-19-14-11(3-2-4-13(14)17)15(21)20-10-5-6-12(16)9(7-10)8-18/h2-7,19H,1H3,(H,20,21). The molecule has 6 heteroatoms. The van der Waals surface area contributed by atoms with Gasteiger partial charge in [0, 0.05) is 12.7 Å². The third kappa shape index (κ3) is 2.98. The lowest BCUT2D eigenvalue weighted by Gasteiger charge is -2.11. The molecule has 2 rings (SSSR count). The summed E-state index contributed by atoms with van der Waals surface area (Å²) in [6, 6.07) is 9.40. The van der Waals surface area contributed by atoms with Crippen molar-refractivity contribution < 1.29 is 13.6 Å². The second-order valence-electron chi connectivity index (χ2n) is 4.17. The molecule has 0 spiro atoms. The first-order valence-electron chi connectivity index (χ1n) is 6.04. The normalized spacial score (nSPS) is 9.81. The largest absolute Gasteiger partial charge is 0.385 e. The summed E-state index contributed by atoms with van der Waals surface area (Å²) in [5, 5.41) is 13.9. The van der Waals surface area contributed by atoms with Gasteiger partial charge in [-0.05, 0) is 30.3 Å². The number of amides is 1. The van der Waals surface area contributed by atoms with Crippen LogP contribution in [0.5, 0.6) is 0 Å². The highest BCUT2D eigenvalue weighted by Crippen LogP contribution is 2.21. The van der Waals surface area contributed by atoms with E-state index in [1.807, 2.05) is 0 Å². The molecule has 0 saturated carbocycles. The molecule has 2 aromatic rings. The first-order chi connectivity index (χ1) is 10.1. The van der Waals surface area contributed by atoms with Crippen molar-refractivity contribution in [3.63, 3.8) is 0 Å². The molecule has 0 aliphatic heterocycles. The fraction of sp³-hybridized carbons (Fsp3) is 0.0667. The fourth-order valence-electron chi connectivity index (χ4n) is 1.85. The number of carbonyl (C=O) groups excluding carboxylic acids is 1. The Morgan fingerprint density at radius 2 is 1.95 bits per heavy atom. The molecule has 4 nitrogen and oxygen atoms in total. The molecule has 2 N–H and O–H groups in total. The topological polar surface area (TPSA) is 64.9 Å². The maximum atomic E-state index is 13.6. The van der Waals surface area contributed by atoms with E-state index in [1.165, 1.54) is 37.4 Å². The van der Waals surface area contributed by atoms with E-state index in [0.717, 1.165) is 6.07 Å². The number of hydrogen-bond donors (Lipinski definition) is 2. The van der Waals surface area contributed by atoms with Crippen molar-refractivity contribution in [1.82, 2.24) is 0 Å². The lowest BCUT2D eigenvalue weighted by atomic mass is 10.1. The van der Waals surface area contributed by atoms with Gasteiger partial charge in [-0.2, -0.15) is 5.26 Å². The van der Waals surface area contributed by atoms with Crippen molar-refractivity contribution >= 4 is 17.3 Å². The van der Waals surface area contributed by atoms with E-state index < -0.39 is 17.5 Å². The molecule has 0 heterocycles. The van der Waals surface area contributed by atoms with Gasteiger partial charge in [0.2, 0.25) is 0 Å². The Hall–Kier alpha value is -2.94. The van der Waals surface area contributed by atoms with Crippen molar-refractivity contribution in [3.8, 4) is 6.07 Å². The second kappa shape index (κ2) is 6.01. The highest BCUT2D eigenvalue weighted by Gasteiger charge is 2.14. The van der Waals surface area contributed by atoms with E-state index in [4.69, 9.17) is 5.26 Å². The monoisotopic (exact) mass is 287 g/mol. The van der Waals surface area contributed by atoms with Gasteiger partial charge in [-0.25, -0.2) is 8.78 Å². The summed E-state index contributed by atoms with van der Waals surface area (Å²) in [6.45, 7) is 0. The minimum absolute atomic E-state index is 0.0672. The van der Waals surface area contributed by atoms with Crippen LogP contribution in [0.2, 0.25) is 0 Å². The Morgan fingerprint density at radius 3 is 2.62 bits per heavy atom. The van der Waals surface area contributed by atoms with E-state index in [1.54, 1.807) is 6.07 Å². The van der Waals surface area contributed by atoms with Crippen molar-refractivity contribution in [3.05, 3.63) is 59.2 Å². The minimum Gasteiger partial charge on any atom is -0.385 e. The molecular formula is C15H11F2N3O. The van der Waals surface area contributed by atoms with Gasteiger partial charge in [0.25, 0.3) is 5.91 Å². The smallest absolute Gasteiger partial charge is 0.257 e. The Morgan fingerprint density at radius 1 is 1.19 bits per heavy atom. The predicted octanol–water partition coefficient (Wildman–Crippen LogP) is 3.13. The molecule has 2 aromatic carbocycles. The van der Waals surface area contributed by atoms with E-state index in [2.05, 4.69) is 10.6 Å². The number of hydrogen-bond acceptors (Lipinski definition) is 3. The zero-order valence-electron chi connectivity index (χ0n) is 11.1. The van der Waals surface area contributed by atoms with E-state index in [0.29, 0.717) is 0 Å². The molecule has 0 aliphatic rings. The number of nitrogens with zero attached hydrogens (tertiary/aromatic N) is 1. The zero-order valence-corrected chi connectivity index (χ0v) is 11.1. The zero-order chi connectivity index (χ0) is 15.4.